The minimum Gasteiger partial charge on any atom is -0.267 e. The fourth-order valence-corrected chi connectivity index (χ4v) is 3.89. The van der Waals surface area contributed by atoms with E-state index in [2.05, 4.69) is 31.1 Å². The van der Waals surface area contributed by atoms with E-state index in [1.165, 1.54) is 22.6 Å². The molecule has 4 aromatic rings. The smallest absolute Gasteiger partial charge is 0.267 e. The van der Waals surface area contributed by atoms with Crippen LogP contribution in [0, 0.1) is 13.8 Å². The van der Waals surface area contributed by atoms with E-state index in [-0.39, 0.29) is 5.69 Å². The number of carbonyl (C=O) groups is 2. The molecule has 0 aliphatic carbocycles. The lowest BCUT2D eigenvalue weighted by molar-refractivity contribution is 0.0844. The summed E-state index contributed by atoms with van der Waals surface area (Å²) in [4.78, 5) is 33.5. The third-order valence-corrected chi connectivity index (χ3v) is 5.50. The highest BCUT2D eigenvalue weighted by Crippen LogP contribution is 2.20. The van der Waals surface area contributed by atoms with E-state index in [0.29, 0.717) is 11.3 Å². The van der Waals surface area contributed by atoms with Crippen molar-refractivity contribution in [3.8, 4) is 5.69 Å². The first kappa shape index (κ1) is 22.2. The summed E-state index contributed by atoms with van der Waals surface area (Å²) in [7, 11) is 0. The number of nitrogens with zero attached hydrogens (tertiary/aromatic N) is 5. The van der Waals surface area contributed by atoms with Gasteiger partial charge in [0.05, 0.1) is 11.9 Å². The van der Waals surface area contributed by atoms with Gasteiger partial charge in [-0.2, -0.15) is 0 Å². The molecular weight excluding hydrogens is 438 g/mol. The van der Waals surface area contributed by atoms with Gasteiger partial charge in [-0.25, -0.2) is 14.6 Å². The molecule has 0 bridgehead atoms. The molecule has 2 N–H and O–H groups in total. The van der Waals surface area contributed by atoms with Crippen molar-refractivity contribution in [1.29, 1.82) is 0 Å². The predicted octanol–water partition coefficient (Wildman–Crippen LogP) is 3.04. The maximum atomic E-state index is 12.4. The average molecular weight is 460 g/mol. The summed E-state index contributed by atoms with van der Waals surface area (Å²) in [5.41, 5.74) is 8.92. The number of nitrogens with one attached hydrogen (secondary N) is 2. The lowest BCUT2D eigenvalue weighted by atomic mass is 10.1. The first-order valence-electron chi connectivity index (χ1n) is 10.1. The molecule has 9 nitrogen and oxygen atoms in total. The molecule has 0 spiro atoms. The Kier molecular flexibility index (Phi) is 6.75. The van der Waals surface area contributed by atoms with Crippen molar-refractivity contribution in [2.75, 3.05) is 0 Å². The van der Waals surface area contributed by atoms with Gasteiger partial charge in [0.25, 0.3) is 11.8 Å². The van der Waals surface area contributed by atoms with E-state index >= 15 is 0 Å². The third-order valence-electron chi connectivity index (χ3n) is 4.58. The summed E-state index contributed by atoms with van der Waals surface area (Å²) in [5.74, 6) is -0.318. The molecule has 0 saturated carbocycles. The number of rotatable bonds is 6. The first-order chi connectivity index (χ1) is 16.0. The third kappa shape index (κ3) is 5.80. The van der Waals surface area contributed by atoms with Crippen LogP contribution < -0.4 is 10.9 Å². The topological polar surface area (TPSA) is 115 Å². The van der Waals surface area contributed by atoms with Crippen molar-refractivity contribution in [3.63, 3.8) is 0 Å². The van der Waals surface area contributed by atoms with Crippen LogP contribution in [0.5, 0.6) is 0 Å². The summed E-state index contributed by atoms with van der Waals surface area (Å²) in [6.07, 6.45) is 1.49. The van der Waals surface area contributed by atoms with E-state index in [9.17, 15) is 9.59 Å². The zero-order chi connectivity index (χ0) is 23.2. The van der Waals surface area contributed by atoms with Gasteiger partial charge in [-0.1, -0.05) is 47.3 Å². The van der Waals surface area contributed by atoms with Gasteiger partial charge in [0.15, 0.2) is 10.9 Å². The quantitative estimate of drug-likeness (QED) is 0.259. The molecule has 0 saturated heterocycles. The van der Waals surface area contributed by atoms with E-state index < -0.39 is 11.8 Å². The van der Waals surface area contributed by atoms with Crippen LogP contribution in [0.15, 0.2) is 72.0 Å². The Hall–Kier alpha value is -4.05. The van der Waals surface area contributed by atoms with Crippen LogP contribution in [-0.4, -0.2) is 36.8 Å². The molecule has 166 valence electrons. The number of hydrogen-bond donors (Lipinski definition) is 2. The number of carbonyl (C=O) groups excluding carboxylic acids is 2. The van der Waals surface area contributed by atoms with Gasteiger partial charge in [-0.3, -0.25) is 20.4 Å². The molecule has 0 fully saturated rings. The molecule has 4 rings (SSSR count). The lowest BCUT2D eigenvalue weighted by Crippen LogP contribution is -2.41. The fourth-order valence-electron chi connectivity index (χ4n) is 2.98. The second kappa shape index (κ2) is 10.0. The van der Waals surface area contributed by atoms with E-state index in [0.717, 1.165) is 27.8 Å². The monoisotopic (exact) mass is 459 g/mol. The number of hydrogen-bond acceptors (Lipinski definition) is 7. The minimum atomic E-state index is -0.563. The van der Waals surface area contributed by atoms with E-state index in [4.69, 9.17) is 0 Å². The minimum absolute atomic E-state index is 0.0835. The molecule has 2 heterocycles. The summed E-state index contributed by atoms with van der Waals surface area (Å²) in [6, 6.07) is 18.3. The van der Waals surface area contributed by atoms with Crippen LogP contribution in [-0.2, 0) is 5.75 Å². The van der Waals surface area contributed by atoms with Crippen molar-refractivity contribution in [2.24, 2.45) is 0 Å². The van der Waals surface area contributed by atoms with E-state index in [1.807, 2.05) is 62.4 Å². The van der Waals surface area contributed by atoms with Gasteiger partial charge in [0.1, 0.15) is 0 Å². The summed E-state index contributed by atoms with van der Waals surface area (Å²) in [5, 5.41) is 8.51. The number of hydrazine groups is 1. The Morgan fingerprint density at radius 3 is 2.27 bits per heavy atom. The molecule has 10 heteroatoms. The molecule has 2 aromatic carbocycles. The molecule has 0 aliphatic rings. The largest absolute Gasteiger partial charge is 0.291 e. The Labute approximate surface area is 194 Å². The van der Waals surface area contributed by atoms with Crippen molar-refractivity contribution < 1.29 is 9.59 Å². The standard InChI is InChI=1S/C23H21N7O2S/c1-15-12-16(2)25-23(24-15)33-14-17-8-10-18(11-9-17)21(31)27-28-22(32)20-13-30(29-26-20)19-6-4-3-5-7-19/h3-13H,14H2,1-2H3,(H,27,31)(H,28,32). The predicted molar refractivity (Wildman–Crippen MR) is 124 cm³/mol. The second-order valence-electron chi connectivity index (χ2n) is 7.21. The van der Waals surface area contributed by atoms with Crippen molar-refractivity contribution in [2.45, 2.75) is 24.8 Å². The first-order valence-corrected chi connectivity index (χ1v) is 11.1. The highest BCUT2D eigenvalue weighted by atomic mass is 32.2. The Morgan fingerprint density at radius 2 is 1.58 bits per heavy atom. The molecule has 0 atom stereocenters. The number of benzene rings is 2. The molecule has 2 amide bonds. The summed E-state index contributed by atoms with van der Waals surface area (Å²) >= 11 is 1.53. The van der Waals surface area contributed by atoms with Gasteiger partial charge in [0.2, 0.25) is 0 Å². The molecular formula is C23H21N7O2S. The van der Waals surface area contributed by atoms with Gasteiger partial charge in [0, 0.05) is 22.7 Å². The Bertz CT molecular complexity index is 1250. The van der Waals surface area contributed by atoms with Crippen LogP contribution in [0.2, 0.25) is 0 Å². The highest BCUT2D eigenvalue weighted by molar-refractivity contribution is 7.98. The molecule has 2 aromatic heterocycles. The fraction of sp³-hybridized carbons (Fsp3) is 0.130. The number of aromatic nitrogens is 5. The van der Waals surface area contributed by atoms with Crippen LogP contribution in [0.1, 0.15) is 37.8 Å². The van der Waals surface area contributed by atoms with Crippen LogP contribution in [0.3, 0.4) is 0 Å². The van der Waals surface area contributed by atoms with E-state index in [1.54, 1.807) is 12.1 Å². The zero-order valence-corrected chi connectivity index (χ0v) is 18.8. The highest BCUT2D eigenvalue weighted by Gasteiger charge is 2.13. The maximum absolute atomic E-state index is 12.4. The SMILES string of the molecule is Cc1cc(C)nc(SCc2ccc(C(=O)NNC(=O)c3cn(-c4ccccc4)nn3)cc2)n1. The van der Waals surface area contributed by atoms with Crippen molar-refractivity contribution in [1.82, 2.24) is 35.8 Å². The Morgan fingerprint density at radius 1 is 0.909 bits per heavy atom. The van der Waals surface area contributed by atoms with Crippen LogP contribution in [0.4, 0.5) is 0 Å². The molecule has 0 unspecified atom stereocenters. The van der Waals surface area contributed by atoms with Crippen molar-refractivity contribution in [3.05, 3.63) is 95.1 Å². The zero-order valence-electron chi connectivity index (χ0n) is 18.0. The number of para-hydroxylation sites is 1. The Balaban J connectivity index is 1.29. The normalized spacial score (nSPS) is 10.6. The van der Waals surface area contributed by atoms with Gasteiger partial charge >= 0.3 is 0 Å². The van der Waals surface area contributed by atoms with Gasteiger partial charge in [-0.15, -0.1) is 5.10 Å². The number of thioether (sulfide) groups is 1. The average Bonchev–Trinajstić information content (AvgIpc) is 3.32. The van der Waals surface area contributed by atoms with Crippen molar-refractivity contribution >= 4 is 23.6 Å². The molecule has 0 aliphatic heterocycles. The lowest BCUT2D eigenvalue weighted by Gasteiger charge is -2.07. The van der Waals surface area contributed by atoms with Crippen LogP contribution in [0.25, 0.3) is 5.69 Å². The maximum Gasteiger partial charge on any atom is 0.291 e. The molecule has 33 heavy (non-hydrogen) atoms. The molecule has 0 radical (unpaired) electrons. The summed E-state index contributed by atoms with van der Waals surface area (Å²) < 4.78 is 1.48. The summed E-state index contributed by atoms with van der Waals surface area (Å²) in [6.45, 7) is 3.88. The second-order valence-corrected chi connectivity index (χ2v) is 8.15. The number of amides is 2. The van der Waals surface area contributed by atoms with Gasteiger partial charge < -0.3 is 0 Å². The van der Waals surface area contributed by atoms with Crippen LogP contribution >= 0.6 is 11.8 Å². The van der Waals surface area contributed by atoms with Gasteiger partial charge in [-0.05, 0) is 49.7 Å². The number of aryl methyl sites for hydroxylation is 2.